The summed E-state index contributed by atoms with van der Waals surface area (Å²) in [6, 6.07) is 10.6. The Labute approximate surface area is 184 Å². The van der Waals surface area contributed by atoms with Crippen molar-refractivity contribution in [2.45, 2.75) is 19.3 Å². The van der Waals surface area contributed by atoms with Crippen LogP contribution in [-0.4, -0.2) is 40.7 Å². The molecule has 0 spiro atoms. The van der Waals surface area contributed by atoms with Crippen molar-refractivity contribution in [3.05, 3.63) is 71.8 Å². The van der Waals surface area contributed by atoms with Gasteiger partial charge in [0.25, 0.3) is 0 Å². The first-order valence-electron chi connectivity index (χ1n) is 9.78. The summed E-state index contributed by atoms with van der Waals surface area (Å²) < 4.78 is 26.5. The van der Waals surface area contributed by atoms with Gasteiger partial charge in [-0.2, -0.15) is 0 Å². The first-order valence-corrected chi connectivity index (χ1v) is 9.78. The van der Waals surface area contributed by atoms with Crippen molar-refractivity contribution in [3.8, 4) is 17.2 Å². The van der Waals surface area contributed by atoms with Gasteiger partial charge in [0.05, 0.1) is 7.11 Å². The predicted molar refractivity (Wildman–Crippen MR) is 121 cm³/mol. The molecule has 6 heteroatoms. The number of carbonyl (C=O) groups excluding carboxylic acids is 1. The highest BCUT2D eigenvalue weighted by Gasteiger charge is 2.23. The van der Waals surface area contributed by atoms with E-state index in [2.05, 4.69) is 6.58 Å². The summed E-state index contributed by atoms with van der Waals surface area (Å²) in [5.74, 6) is 1.72. The van der Waals surface area contributed by atoms with Crippen molar-refractivity contribution < 1.29 is 28.5 Å². The fourth-order valence-electron chi connectivity index (χ4n) is 2.84. The van der Waals surface area contributed by atoms with E-state index >= 15 is 0 Å². The Morgan fingerprint density at radius 1 is 0.968 bits per heavy atom. The monoisotopic (exact) mass is 426 g/mol. The van der Waals surface area contributed by atoms with Crippen molar-refractivity contribution in [2.75, 3.05) is 34.9 Å². The summed E-state index contributed by atoms with van der Waals surface area (Å²) in [5, 5.41) is 0. The Morgan fingerprint density at radius 2 is 1.61 bits per heavy atom. The minimum atomic E-state index is -0.361. The molecule has 0 aromatic heterocycles. The fraction of sp³-hybridized carbons (Fsp3) is 0.320. The minimum Gasteiger partial charge on any atom is -0.496 e. The van der Waals surface area contributed by atoms with Crippen LogP contribution < -0.4 is 14.2 Å². The maximum atomic E-state index is 12.6. The molecule has 0 atom stereocenters. The molecule has 0 N–H and O–H groups in total. The van der Waals surface area contributed by atoms with Crippen LogP contribution in [-0.2, 0) is 14.9 Å². The molecule has 0 aliphatic rings. The number of allylic oxidation sites excluding steroid dienone is 2. The number of ketones is 1. The second-order valence-electron chi connectivity index (χ2n) is 7.34. The topological polar surface area (TPSA) is 63.2 Å². The lowest BCUT2D eigenvalue weighted by molar-refractivity contribution is 0.0498. The van der Waals surface area contributed by atoms with Gasteiger partial charge in [0.1, 0.15) is 17.2 Å². The minimum absolute atomic E-state index is 0.112. The van der Waals surface area contributed by atoms with Gasteiger partial charge in [-0.15, -0.1) is 6.58 Å². The lowest BCUT2D eigenvalue weighted by atomic mass is 9.83. The lowest BCUT2D eigenvalue weighted by Gasteiger charge is -2.25. The molecule has 2 rings (SSSR count). The van der Waals surface area contributed by atoms with Crippen LogP contribution >= 0.6 is 0 Å². The summed E-state index contributed by atoms with van der Waals surface area (Å²) >= 11 is 0. The van der Waals surface area contributed by atoms with Gasteiger partial charge in [-0.1, -0.05) is 19.9 Å². The Kier molecular flexibility index (Phi) is 8.85. The third kappa shape index (κ3) is 6.44. The third-order valence-electron chi connectivity index (χ3n) is 4.77. The first-order chi connectivity index (χ1) is 14.9. The standard InChI is InChI=1S/C25H30O6/c1-7-25(2,3)21-14-19(23(29-6)15-24(21)31-17-28-5)10-13-22(26)18-8-11-20(12-9-18)30-16-27-4/h7-15H,1,16-17H2,2-6H3. The van der Waals surface area contributed by atoms with Gasteiger partial charge in [0.15, 0.2) is 19.4 Å². The van der Waals surface area contributed by atoms with Crippen LogP contribution in [0.5, 0.6) is 17.2 Å². The van der Waals surface area contributed by atoms with Crippen LogP contribution in [0, 0.1) is 0 Å². The van der Waals surface area contributed by atoms with E-state index in [1.807, 2.05) is 26.0 Å². The number of methoxy groups -OCH3 is 3. The largest absolute Gasteiger partial charge is 0.496 e. The summed E-state index contributed by atoms with van der Waals surface area (Å²) in [7, 11) is 4.69. The van der Waals surface area contributed by atoms with Crippen LogP contribution in [0.4, 0.5) is 0 Å². The van der Waals surface area contributed by atoms with Crippen molar-refractivity contribution in [1.29, 1.82) is 0 Å². The molecule has 0 aliphatic heterocycles. The van der Waals surface area contributed by atoms with Gasteiger partial charge in [0.2, 0.25) is 0 Å². The molecule has 0 amide bonds. The van der Waals surface area contributed by atoms with E-state index in [-0.39, 0.29) is 24.8 Å². The number of carbonyl (C=O) groups is 1. The van der Waals surface area contributed by atoms with Gasteiger partial charge in [-0.3, -0.25) is 4.79 Å². The zero-order valence-electron chi connectivity index (χ0n) is 18.8. The summed E-state index contributed by atoms with van der Waals surface area (Å²) in [6.07, 6.45) is 5.10. The maximum Gasteiger partial charge on any atom is 0.188 e. The zero-order chi connectivity index (χ0) is 22.9. The number of rotatable bonds is 12. The average Bonchev–Trinajstić information content (AvgIpc) is 2.79. The summed E-state index contributed by atoms with van der Waals surface area (Å²) in [5.41, 5.74) is 1.85. The second kappa shape index (κ2) is 11.3. The van der Waals surface area contributed by atoms with Crippen molar-refractivity contribution in [3.63, 3.8) is 0 Å². The molecule has 2 aromatic rings. The van der Waals surface area contributed by atoms with Gasteiger partial charge < -0.3 is 23.7 Å². The van der Waals surface area contributed by atoms with Crippen LogP contribution in [0.15, 0.2) is 55.1 Å². The van der Waals surface area contributed by atoms with E-state index in [1.54, 1.807) is 57.7 Å². The van der Waals surface area contributed by atoms with E-state index in [1.165, 1.54) is 6.08 Å². The Morgan fingerprint density at radius 3 is 2.19 bits per heavy atom. The van der Waals surface area contributed by atoms with Gasteiger partial charge in [0, 0.05) is 42.4 Å². The Hall–Kier alpha value is -3.09. The highest BCUT2D eigenvalue weighted by Crippen LogP contribution is 2.38. The first kappa shape index (κ1) is 24.2. The molecule has 0 heterocycles. The molecule has 0 saturated heterocycles. The fourth-order valence-corrected chi connectivity index (χ4v) is 2.84. The molecule has 31 heavy (non-hydrogen) atoms. The molecule has 6 nitrogen and oxygen atoms in total. The van der Waals surface area contributed by atoms with Crippen LogP contribution in [0.2, 0.25) is 0 Å². The van der Waals surface area contributed by atoms with Gasteiger partial charge in [-0.25, -0.2) is 0 Å². The zero-order valence-corrected chi connectivity index (χ0v) is 18.8. The van der Waals surface area contributed by atoms with Crippen molar-refractivity contribution >= 4 is 11.9 Å². The quantitative estimate of drug-likeness (QED) is 0.206. The maximum absolute atomic E-state index is 12.6. The molecule has 0 unspecified atom stereocenters. The van der Waals surface area contributed by atoms with Gasteiger partial charge >= 0.3 is 0 Å². The SMILES string of the molecule is C=CC(C)(C)c1cc(C=CC(=O)c2ccc(OCOC)cc2)c(OC)cc1OCOC. The van der Waals surface area contributed by atoms with Gasteiger partial charge in [-0.05, 0) is 42.5 Å². The number of ether oxygens (including phenoxy) is 5. The molecule has 2 aromatic carbocycles. The Bertz CT molecular complexity index is 912. The number of hydrogen-bond donors (Lipinski definition) is 0. The number of hydrogen-bond acceptors (Lipinski definition) is 6. The average molecular weight is 427 g/mol. The highest BCUT2D eigenvalue weighted by molar-refractivity contribution is 6.07. The van der Waals surface area contributed by atoms with Crippen LogP contribution in [0.1, 0.15) is 35.3 Å². The van der Waals surface area contributed by atoms with E-state index in [9.17, 15) is 4.79 Å². The Balaban J connectivity index is 2.33. The normalized spacial score (nSPS) is 11.4. The molecule has 166 valence electrons. The molecule has 0 saturated carbocycles. The molecule has 0 bridgehead atoms. The summed E-state index contributed by atoms with van der Waals surface area (Å²) in [4.78, 5) is 12.6. The molecule has 0 fully saturated rings. The highest BCUT2D eigenvalue weighted by atomic mass is 16.7. The van der Waals surface area contributed by atoms with Crippen molar-refractivity contribution in [1.82, 2.24) is 0 Å². The third-order valence-corrected chi connectivity index (χ3v) is 4.77. The van der Waals surface area contributed by atoms with Crippen LogP contribution in [0.25, 0.3) is 6.08 Å². The van der Waals surface area contributed by atoms with Crippen molar-refractivity contribution in [2.24, 2.45) is 0 Å². The van der Waals surface area contributed by atoms with E-state index in [4.69, 9.17) is 23.7 Å². The number of benzene rings is 2. The van der Waals surface area contributed by atoms with Crippen LogP contribution in [0.3, 0.4) is 0 Å². The van der Waals surface area contributed by atoms with E-state index in [0.717, 1.165) is 11.1 Å². The molecule has 0 aliphatic carbocycles. The summed E-state index contributed by atoms with van der Waals surface area (Å²) in [6.45, 7) is 8.27. The second-order valence-corrected chi connectivity index (χ2v) is 7.34. The molecular formula is C25H30O6. The van der Waals surface area contributed by atoms with E-state index in [0.29, 0.717) is 22.8 Å². The lowest BCUT2D eigenvalue weighted by Crippen LogP contribution is -2.16. The predicted octanol–water partition coefficient (Wildman–Crippen LogP) is 5.02. The van der Waals surface area contributed by atoms with E-state index < -0.39 is 0 Å². The molecule has 0 radical (unpaired) electrons. The smallest absolute Gasteiger partial charge is 0.188 e. The molecular weight excluding hydrogens is 396 g/mol.